The molecule has 0 fully saturated rings. The van der Waals surface area contributed by atoms with E-state index in [1.807, 2.05) is 13.0 Å². The molecule has 0 saturated carbocycles. The molecule has 2 aromatic rings. The molecule has 2 N–H and O–H groups in total. The molecule has 0 aliphatic rings. The van der Waals surface area contributed by atoms with Gasteiger partial charge in [-0.05, 0) is 42.8 Å². The van der Waals surface area contributed by atoms with E-state index < -0.39 is 24.2 Å². The molecule has 2 rings (SSSR count). The molecule has 0 spiro atoms. The largest absolute Gasteiger partial charge is 0.493 e. The highest BCUT2D eigenvalue weighted by atomic mass is 79.9. The smallest absolute Gasteiger partial charge is 0.387 e. The van der Waals surface area contributed by atoms with Gasteiger partial charge in [-0.2, -0.15) is 8.78 Å². The van der Waals surface area contributed by atoms with Crippen LogP contribution in [-0.4, -0.2) is 32.1 Å². The maximum atomic E-state index is 12.6. The molecule has 0 saturated heterocycles. The first-order valence-electron chi connectivity index (χ1n) is 7.78. The van der Waals surface area contributed by atoms with E-state index in [1.54, 1.807) is 12.1 Å². The molecule has 27 heavy (non-hydrogen) atoms. The number of hydrogen-bond donors (Lipinski definition) is 2. The number of aryl methyl sites for hydroxylation is 1. The second-order valence-electron chi connectivity index (χ2n) is 5.41. The molecule has 0 heterocycles. The van der Waals surface area contributed by atoms with Crippen molar-refractivity contribution in [3.63, 3.8) is 0 Å². The van der Waals surface area contributed by atoms with Crippen molar-refractivity contribution in [1.29, 1.82) is 0 Å². The zero-order chi connectivity index (χ0) is 20.0. The summed E-state index contributed by atoms with van der Waals surface area (Å²) >= 11 is 3.33. The van der Waals surface area contributed by atoms with Gasteiger partial charge >= 0.3 is 6.61 Å². The van der Waals surface area contributed by atoms with Crippen LogP contribution in [0, 0.1) is 6.92 Å². The Morgan fingerprint density at radius 1 is 1.22 bits per heavy atom. The van der Waals surface area contributed by atoms with Crippen molar-refractivity contribution >= 4 is 33.4 Å². The molecule has 0 aliphatic heterocycles. The van der Waals surface area contributed by atoms with Crippen molar-refractivity contribution in [3.8, 4) is 11.5 Å². The van der Waals surface area contributed by atoms with Gasteiger partial charge in [0.15, 0.2) is 11.5 Å². The molecule has 0 aliphatic carbocycles. The number of carbonyl (C=O) groups is 2. The summed E-state index contributed by atoms with van der Waals surface area (Å²) in [5, 5.41) is 5.04. The minimum atomic E-state index is -3.13. The third-order valence-corrected chi connectivity index (χ3v) is 4.02. The Morgan fingerprint density at radius 2 is 1.96 bits per heavy atom. The van der Waals surface area contributed by atoms with E-state index in [-0.39, 0.29) is 17.9 Å². The highest BCUT2D eigenvalue weighted by Crippen LogP contribution is 2.32. The molecule has 0 bridgehead atoms. The number of benzene rings is 2. The Labute approximate surface area is 163 Å². The number of anilines is 1. The highest BCUT2D eigenvalue weighted by molar-refractivity contribution is 9.10. The van der Waals surface area contributed by atoms with E-state index in [2.05, 4.69) is 31.3 Å². The lowest BCUT2D eigenvalue weighted by Gasteiger charge is -2.14. The Bertz CT molecular complexity index is 846. The van der Waals surface area contributed by atoms with Gasteiger partial charge in [0.25, 0.3) is 5.91 Å². The average Bonchev–Trinajstić information content (AvgIpc) is 2.61. The Hall–Kier alpha value is -2.68. The summed E-state index contributed by atoms with van der Waals surface area (Å²) in [5.41, 5.74) is 1.27. The van der Waals surface area contributed by atoms with Gasteiger partial charge in [0.2, 0.25) is 5.91 Å². The lowest BCUT2D eigenvalue weighted by Crippen LogP contribution is -2.33. The van der Waals surface area contributed by atoms with Crippen LogP contribution in [0.4, 0.5) is 14.5 Å². The van der Waals surface area contributed by atoms with Crippen molar-refractivity contribution in [2.75, 3.05) is 19.0 Å². The van der Waals surface area contributed by atoms with Gasteiger partial charge in [0.1, 0.15) is 0 Å². The number of amides is 2. The van der Waals surface area contributed by atoms with Crippen LogP contribution < -0.4 is 20.1 Å². The Balaban J connectivity index is 2.06. The van der Waals surface area contributed by atoms with Gasteiger partial charge in [-0.3, -0.25) is 9.59 Å². The van der Waals surface area contributed by atoms with E-state index in [0.29, 0.717) is 5.69 Å². The summed E-state index contributed by atoms with van der Waals surface area (Å²) in [6.45, 7) is -1.65. The fourth-order valence-corrected chi connectivity index (χ4v) is 2.76. The van der Waals surface area contributed by atoms with Gasteiger partial charge in [0, 0.05) is 10.2 Å². The standard InChI is InChI=1S/C18H17BrF2N2O4/c1-10-8-11(19)6-7-13(10)23-15(24)9-22-17(25)12-4-3-5-14(26-2)16(12)27-18(20)21/h3-8,18H,9H2,1-2H3,(H,22,25)(H,23,24). The first-order chi connectivity index (χ1) is 12.8. The van der Waals surface area contributed by atoms with Crippen molar-refractivity contribution in [2.45, 2.75) is 13.5 Å². The molecule has 144 valence electrons. The molecule has 0 atom stereocenters. The van der Waals surface area contributed by atoms with Crippen LogP contribution in [0.5, 0.6) is 11.5 Å². The highest BCUT2D eigenvalue weighted by Gasteiger charge is 2.20. The van der Waals surface area contributed by atoms with Gasteiger partial charge < -0.3 is 20.1 Å². The number of halogens is 3. The molecule has 0 aromatic heterocycles. The lowest BCUT2D eigenvalue weighted by molar-refractivity contribution is -0.115. The van der Waals surface area contributed by atoms with Crippen LogP contribution in [0.15, 0.2) is 40.9 Å². The van der Waals surface area contributed by atoms with Crippen LogP contribution in [0.1, 0.15) is 15.9 Å². The van der Waals surface area contributed by atoms with Crippen molar-refractivity contribution in [2.24, 2.45) is 0 Å². The van der Waals surface area contributed by atoms with Gasteiger partial charge in [-0.1, -0.05) is 22.0 Å². The summed E-state index contributed by atoms with van der Waals surface area (Å²) in [5.74, 6) is -1.62. The number of para-hydroxylation sites is 1. The summed E-state index contributed by atoms with van der Waals surface area (Å²) in [6.07, 6.45) is 0. The Kier molecular flexibility index (Phi) is 7.12. The summed E-state index contributed by atoms with van der Waals surface area (Å²) in [7, 11) is 1.27. The number of alkyl halides is 2. The molecular weight excluding hydrogens is 426 g/mol. The van der Waals surface area contributed by atoms with E-state index in [0.717, 1.165) is 10.0 Å². The molecule has 2 aromatic carbocycles. The Morgan fingerprint density at radius 3 is 2.59 bits per heavy atom. The normalized spacial score (nSPS) is 10.4. The second kappa shape index (κ2) is 9.31. The zero-order valence-electron chi connectivity index (χ0n) is 14.5. The first kappa shape index (κ1) is 20.6. The molecular formula is C18H17BrF2N2O4. The number of hydrogen-bond acceptors (Lipinski definition) is 4. The maximum absolute atomic E-state index is 12.6. The quantitative estimate of drug-likeness (QED) is 0.684. The van der Waals surface area contributed by atoms with Gasteiger partial charge in [0.05, 0.1) is 19.2 Å². The van der Waals surface area contributed by atoms with Crippen LogP contribution in [0.3, 0.4) is 0 Å². The molecule has 9 heteroatoms. The van der Waals surface area contributed by atoms with Crippen LogP contribution in [0.25, 0.3) is 0 Å². The third-order valence-electron chi connectivity index (χ3n) is 3.52. The van der Waals surface area contributed by atoms with Crippen LogP contribution >= 0.6 is 15.9 Å². The SMILES string of the molecule is COc1cccc(C(=O)NCC(=O)Nc2ccc(Br)cc2C)c1OC(F)F. The number of nitrogens with one attached hydrogen (secondary N) is 2. The van der Waals surface area contributed by atoms with Crippen molar-refractivity contribution in [3.05, 3.63) is 52.0 Å². The minimum Gasteiger partial charge on any atom is -0.493 e. The number of carbonyl (C=O) groups excluding carboxylic acids is 2. The van der Waals surface area contributed by atoms with E-state index in [9.17, 15) is 18.4 Å². The summed E-state index contributed by atoms with van der Waals surface area (Å²) < 4.78 is 35.5. The van der Waals surface area contributed by atoms with Gasteiger partial charge in [-0.25, -0.2) is 0 Å². The number of methoxy groups -OCH3 is 1. The van der Waals surface area contributed by atoms with Crippen LogP contribution in [0.2, 0.25) is 0 Å². The maximum Gasteiger partial charge on any atom is 0.387 e. The number of ether oxygens (including phenoxy) is 2. The third kappa shape index (κ3) is 5.65. The summed E-state index contributed by atoms with van der Waals surface area (Å²) in [4.78, 5) is 24.4. The molecule has 2 amide bonds. The summed E-state index contributed by atoms with van der Waals surface area (Å²) in [6, 6.07) is 9.46. The lowest BCUT2D eigenvalue weighted by atomic mass is 10.1. The zero-order valence-corrected chi connectivity index (χ0v) is 16.1. The molecule has 0 radical (unpaired) electrons. The monoisotopic (exact) mass is 442 g/mol. The van der Waals surface area contributed by atoms with E-state index >= 15 is 0 Å². The van der Waals surface area contributed by atoms with Crippen LogP contribution in [-0.2, 0) is 4.79 Å². The van der Waals surface area contributed by atoms with E-state index in [1.165, 1.54) is 25.3 Å². The fraction of sp³-hybridized carbons (Fsp3) is 0.222. The molecule has 0 unspecified atom stereocenters. The predicted octanol–water partition coefficient (Wildman–Crippen LogP) is 3.74. The first-order valence-corrected chi connectivity index (χ1v) is 8.57. The van der Waals surface area contributed by atoms with Crippen molar-refractivity contribution in [1.82, 2.24) is 5.32 Å². The topological polar surface area (TPSA) is 76.7 Å². The fourth-order valence-electron chi connectivity index (χ4n) is 2.28. The van der Waals surface area contributed by atoms with E-state index in [4.69, 9.17) is 4.74 Å². The average molecular weight is 443 g/mol. The molecule has 6 nitrogen and oxygen atoms in total. The second-order valence-corrected chi connectivity index (χ2v) is 6.32. The number of rotatable bonds is 7. The minimum absolute atomic E-state index is 0.0158. The van der Waals surface area contributed by atoms with Gasteiger partial charge in [-0.15, -0.1) is 0 Å². The predicted molar refractivity (Wildman–Crippen MR) is 99.5 cm³/mol. The van der Waals surface area contributed by atoms with Crippen molar-refractivity contribution < 1.29 is 27.8 Å².